The van der Waals surface area contributed by atoms with Crippen LogP contribution in [0.2, 0.25) is 5.02 Å². The van der Waals surface area contributed by atoms with E-state index in [1.54, 1.807) is 34.9 Å². The van der Waals surface area contributed by atoms with E-state index in [2.05, 4.69) is 20.6 Å². The van der Waals surface area contributed by atoms with Crippen molar-refractivity contribution in [2.75, 3.05) is 26.0 Å². The Morgan fingerprint density at radius 2 is 1.97 bits per heavy atom. The van der Waals surface area contributed by atoms with Crippen LogP contribution in [0.1, 0.15) is 30.5 Å². The van der Waals surface area contributed by atoms with Crippen molar-refractivity contribution in [2.24, 2.45) is 0 Å². The van der Waals surface area contributed by atoms with Gasteiger partial charge in [-0.2, -0.15) is 23.4 Å². The maximum Gasteiger partial charge on any atom is 0.410 e. The molecule has 0 spiro atoms. The Morgan fingerprint density at radius 3 is 2.62 bits per heavy atom. The van der Waals surface area contributed by atoms with Crippen LogP contribution in [-0.4, -0.2) is 56.3 Å². The smallest absolute Gasteiger partial charge is 0.363 e. The second-order valence-corrected chi connectivity index (χ2v) is 8.88. The minimum Gasteiger partial charge on any atom is -0.363 e. The molecule has 1 aromatic carbocycles. The van der Waals surface area contributed by atoms with E-state index in [1.807, 2.05) is 19.0 Å². The Kier molecular flexibility index (Phi) is 6.33. The Bertz CT molecular complexity index is 1130. The number of nitrogens with one attached hydrogen (secondary N) is 2. The fraction of sp³-hybridized carbons (Fsp3) is 0.450. The largest absolute Gasteiger partial charge is 0.410 e. The zero-order valence-corrected chi connectivity index (χ0v) is 19.1. The molecule has 0 radical (unpaired) electrons. The molecule has 2 atom stereocenters. The topological polar surface area (TPSA) is 66.7 Å². The number of halogens is 4. The van der Waals surface area contributed by atoms with Gasteiger partial charge in [-0.3, -0.25) is 9.67 Å². The first-order valence-electron chi connectivity index (χ1n) is 10.1. The Balaban J connectivity index is 1.69. The highest BCUT2D eigenvalue weighted by atomic mass is 35.5. The molecular weight excluding hydrogens is 463 g/mol. The van der Waals surface area contributed by atoms with Gasteiger partial charge in [-0.05, 0) is 57.0 Å². The molecule has 7 nitrogen and oxygen atoms in total. The third-order valence-electron chi connectivity index (χ3n) is 5.44. The number of alkyl halides is 3. The quantitative estimate of drug-likeness (QED) is 0.477. The van der Waals surface area contributed by atoms with Crippen molar-refractivity contribution in [3.63, 3.8) is 0 Å². The molecule has 4 rings (SSSR count). The SMILES string of the molecule is CN(C)CCCn1c(-c2cc3n(n2)C(C(F)(F)F)CC(c2ccc(Cl)cc2)N3)n[nH]c1=S. The van der Waals surface area contributed by atoms with E-state index >= 15 is 0 Å². The number of hydrogen-bond acceptors (Lipinski definition) is 5. The number of aromatic nitrogens is 5. The first-order chi connectivity index (χ1) is 15.1. The van der Waals surface area contributed by atoms with Crippen molar-refractivity contribution in [1.29, 1.82) is 0 Å². The maximum absolute atomic E-state index is 14.0. The fourth-order valence-corrected chi connectivity index (χ4v) is 4.21. The predicted octanol–water partition coefficient (Wildman–Crippen LogP) is 5.07. The van der Waals surface area contributed by atoms with Gasteiger partial charge in [0.1, 0.15) is 11.5 Å². The first-order valence-corrected chi connectivity index (χ1v) is 10.9. The summed E-state index contributed by atoms with van der Waals surface area (Å²) in [6.07, 6.45) is -3.83. The van der Waals surface area contributed by atoms with Crippen LogP contribution >= 0.6 is 23.8 Å². The number of fused-ring (bicyclic) bond motifs is 1. The minimum absolute atomic E-state index is 0.186. The van der Waals surface area contributed by atoms with Gasteiger partial charge < -0.3 is 10.2 Å². The molecule has 2 N–H and O–H groups in total. The van der Waals surface area contributed by atoms with Gasteiger partial charge in [0.05, 0.1) is 6.04 Å². The molecule has 32 heavy (non-hydrogen) atoms. The minimum atomic E-state index is -4.46. The Hall–Kier alpha value is -2.37. The highest BCUT2D eigenvalue weighted by Crippen LogP contribution is 2.44. The van der Waals surface area contributed by atoms with Crippen LogP contribution in [0.5, 0.6) is 0 Å². The fourth-order valence-electron chi connectivity index (χ4n) is 3.86. The summed E-state index contributed by atoms with van der Waals surface area (Å²) in [5, 5.41) is 15.0. The summed E-state index contributed by atoms with van der Waals surface area (Å²) in [6, 6.07) is 6.10. The number of H-pyrrole nitrogens is 1. The van der Waals surface area contributed by atoms with Crippen LogP contribution < -0.4 is 5.32 Å². The van der Waals surface area contributed by atoms with E-state index < -0.39 is 18.3 Å². The van der Waals surface area contributed by atoms with Crippen LogP contribution in [-0.2, 0) is 6.54 Å². The van der Waals surface area contributed by atoms with Gasteiger partial charge in [-0.1, -0.05) is 23.7 Å². The van der Waals surface area contributed by atoms with Crippen LogP contribution in [0.4, 0.5) is 19.0 Å². The predicted molar refractivity (Wildman–Crippen MR) is 119 cm³/mol. The highest BCUT2D eigenvalue weighted by molar-refractivity contribution is 7.71. The Labute approximate surface area is 193 Å². The van der Waals surface area contributed by atoms with Crippen molar-refractivity contribution in [3.8, 4) is 11.5 Å². The van der Waals surface area contributed by atoms with Gasteiger partial charge in [0.25, 0.3) is 0 Å². The molecule has 0 aliphatic carbocycles. The van der Waals surface area contributed by atoms with E-state index in [1.165, 1.54) is 0 Å². The third kappa shape index (κ3) is 4.69. The van der Waals surface area contributed by atoms with E-state index in [4.69, 9.17) is 23.8 Å². The van der Waals surface area contributed by atoms with E-state index in [0.717, 1.165) is 23.2 Å². The lowest BCUT2D eigenvalue weighted by molar-refractivity contribution is -0.173. The lowest BCUT2D eigenvalue weighted by atomic mass is 9.97. The van der Waals surface area contributed by atoms with Gasteiger partial charge >= 0.3 is 6.18 Å². The number of hydrogen-bond donors (Lipinski definition) is 2. The average Bonchev–Trinajstić information content (AvgIpc) is 3.30. The van der Waals surface area contributed by atoms with Gasteiger partial charge in [-0.15, -0.1) is 0 Å². The first kappa shape index (κ1) is 22.8. The van der Waals surface area contributed by atoms with Gasteiger partial charge in [0, 0.05) is 24.1 Å². The molecule has 3 aromatic rings. The van der Waals surface area contributed by atoms with Crippen LogP contribution in [0, 0.1) is 4.77 Å². The lowest BCUT2D eigenvalue weighted by Crippen LogP contribution is -2.35. The molecule has 2 unspecified atom stereocenters. The monoisotopic (exact) mass is 485 g/mol. The molecule has 172 valence electrons. The van der Waals surface area contributed by atoms with Crippen molar-refractivity contribution in [3.05, 3.63) is 45.7 Å². The van der Waals surface area contributed by atoms with Crippen LogP contribution in [0.3, 0.4) is 0 Å². The summed E-state index contributed by atoms with van der Waals surface area (Å²) in [7, 11) is 3.94. The number of anilines is 1. The van der Waals surface area contributed by atoms with Crippen molar-refractivity contribution >= 4 is 29.6 Å². The lowest BCUT2D eigenvalue weighted by Gasteiger charge is -2.33. The maximum atomic E-state index is 14.0. The van der Waals surface area contributed by atoms with E-state index in [9.17, 15) is 13.2 Å². The van der Waals surface area contributed by atoms with E-state index in [-0.39, 0.29) is 12.2 Å². The summed E-state index contributed by atoms with van der Waals surface area (Å²) in [4.78, 5) is 2.05. The number of nitrogens with zero attached hydrogens (tertiary/aromatic N) is 5. The molecule has 12 heteroatoms. The molecule has 0 saturated carbocycles. The molecule has 1 aliphatic rings. The van der Waals surface area contributed by atoms with Crippen LogP contribution in [0.15, 0.2) is 30.3 Å². The zero-order valence-electron chi connectivity index (χ0n) is 17.5. The zero-order chi connectivity index (χ0) is 23.0. The van der Waals surface area contributed by atoms with Crippen LogP contribution in [0.25, 0.3) is 11.5 Å². The molecule has 0 fully saturated rings. The summed E-state index contributed by atoms with van der Waals surface area (Å²) < 4.78 is 45.0. The molecule has 1 aliphatic heterocycles. The van der Waals surface area contributed by atoms with Gasteiger partial charge in [0.2, 0.25) is 0 Å². The second-order valence-electron chi connectivity index (χ2n) is 8.06. The summed E-state index contributed by atoms with van der Waals surface area (Å²) in [6.45, 7) is 1.42. The van der Waals surface area contributed by atoms with Crippen molar-refractivity contribution in [1.82, 2.24) is 29.4 Å². The van der Waals surface area contributed by atoms with Gasteiger partial charge in [0.15, 0.2) is 16.6 Å². The standard InChI is InChI=1S/C20H23ClF3N7S/c1-29(2)8-3-9-30-18(26-27-19(30)32)15-11-17-25-14(12-4-6-13(21)7-5-12)10-16(20(22,23)24)31(17)28-15/h4-7,11,14,16,25H,3,8-10H2,1-2H3,(H,27,32). The molecule has 0 bridgehead atoms. The average molecular weight is 486 g/mol. The second kappa shape index (κ2) is 8.87. The van der Waals surface area contributed by atoms with Gasteiger partial charge in [-0.25, -0.2) is 4.68 Å². The van der Waals surface area contributed by atoms with Crippen molar-refractivity contribution in [2.45, 2.75) is 37.6 Å². The summed E-state index contributed by atoms with van der Waals surface area (Å²) in [5.74, 6) is 0.698. The summed E-state index contributed by atoms with van der Waals surface area (Å²) in [5.41, 5.74) is 1.06. The number of benzene rings is 1. The van der Waals surface area contributed by atoms with E-state index in [0.29, 0.717) is 27.9 Å². The summed E-state index contributed by atoms with van der Waals surface area (Å²) >= 11 is 11.3. The molecule has 0 saturated heterocycles. The Morgan fingerprint density at radius 1 is 1.25 bits per heavy atom. The number of aromatic amines is 1. The molecule has 3 heterocycles. The molecule has 2 aromatic heterocycles. The normalized spacial score (nSPS) is 18.6. The number of rotatable bonds is 6. The molecule has 0 amide bonds. The highest BCUT2D eigenvalue weighted by Gasteiger charge is 2.46. The van der Waals surface area contributed by atoms with Crippen molar-refractivity contribution < 1.29 is 13.2 Å². The molecular formula is C20H23ClF3N7S. The third-order valence-corrected chi connectivity index (χ3v) is 6.00.